The highest BCUT2D eigenvalue weighted by Gasteiger charge is 2.39. The van der Waals surface area contributed by atoms with Crippen molar-refractivity contribution in [2.75, 3.05) is 0 Å². The molecule has 2 atom stereocenters. The van der Waals surface area contributed by atoms with Gasteiger partial charge < -0.3 is 10.2 Å². The first-order valence-electron chi connectivity index (χ1n) is 7.76. The summed E-state index contributed by atoms with van der Waals surface area (Å²) in [6, 6.07) is 7.85. The number of aliphatic hydroxyl groups is 1. The lowest BCUT2D eigenvalue weighted by atomic mass is 9.67. The van der Waals surface area contributed by atoms with Gasteiger partial charge in [-0.2, -0.15) is 0 Å². The van der Waals surface area contributed by atoms with Crippen molar-refractivity contribution in [2.24, 2.45) is 11.3 Å². The Morgan fingerprint density at radius 2 is 1.95 bits per heavy atom. The van der Waals surface area contributed by atoms with Gasteiger partial charge in [0.2, 0.25) is 0 Å². The number of hydrogen-bond donors (Lipinski definition) is 2. The molecule has 3 nitrogen and oxygen atoms in total. The van der Waals surface area contributed by atoms with Crippen LogP contribution >= 0.6 is 0 Å². The first kappa shape index (κ1) is 15.0. The molecule has 2 N–H and O–H groups in total. The molecule has 0 heterocycles. The normalized spacial score (nSPS) is 26.6. The second-order valence-corrected chi connectivity index (χ2v) is 6.99. The predicted molar refractivity (Wildman–Crippen MR) is 86.2 cm³/mol. The lowest BCUT2D eigenvalue weighted by Gasteiger charge is -2.37. The van der Waals surface area contributed by atoms with Crippen LogP contribution in [-0.4, -0.2) is 16.2 Å². The van der Waals surface area contributed by atoms with Crippen LogP contribution in [0.15, 0.2) is 41.5 Å². The zero-order valence-corrected chi connectivity index (χ0v) is 13.3. The van der Waals surface area contributed by atoms with E-state index in [0.717, 1.165) is 35.1 Å². The number of hydrogen-bond acceptors (Lipinski definition) is 2. The summed E-state index contributed by atoms with van der Waals surface area (Å²) in [4.78, 5) is 11.7. The van der Waals surface area contributed by atoms with Crippen molar-refractivity contribution in [3.05, 3.63) is 52.6 Å². The predicted octanol–water partition coefficient (Wildman–Crippen LogP) is 3.95. The molecule has 2 aliphatic rings. The molecule has 1 aromatic carbocycles. The summed E-state index contributed by atoms with van der Waals surface area (Å²) in [5, 5.41) is 19.9. The van der Waals surface area contributed by atoms with E-state index in [2.05, 4.69) is 0 Å². The van der Waals surface area contributed by atoms with E-state index in [1.54, 1.807) is 0 Å². The van der Waals surface area contributed by atoms with E-state index in [-0.39, 0.29) is 11.3 Å². The van der Waals surface area contributed by atoms with Crippen LogP contribution < -0.4 is 0 Å². The molecule has 0 saturated carbocycles. The molecule has 0 bridgehead atoms. The van der Waals surface area contributed by atoms with Gasteiger partial charge in [-0.25, -0.2) is 4.79 Å². The third-order valence-electron chi connectivity index (χ3n) is 5.17. The van der Waals surface area contributed by atoms with E-state index in [0.29, 0.717) is 5.57 Å². The maximum atomic E-state index is 11.7. The Morgan fingerprint density at radius 3 is 2.64 bits per heavy atom. The first-order valence-corrected chi connectivity index (χ1v) is 7.76. The minimum absolute atomic E-state index is 0.0809. The van der Waals surface area contributed by atoms with Gasteiger partial charge in [-0.15, -0.1) is 0 Å². The molecular formula is C19H22O3. The molecule has 22 heavy (non-hydrogen) atoms. The van der Waals surface area contributed by atoms with Gasteiger partial charge in [0.05, 0.1) is 6.10 Å². The fraction of sp³-hybridized carbons (Fsp3) is 0.421. The quantitative estimate of drug-likeness (QED) is 0.869. The third kappa shape index (κ3) is 2.20. The monoisotopic (exact) mass is 298 g/mol. The van der Waals surface area contributed by atoms with Crippen LogP contribution in [0.2, 0.25) is 0 Å². The molecule has 116 valence electrons. The maximum Gasteiger partial charge on any atom is 0.332 e. The average Bonchev–Trinajstić information content (AvgIpc) is 2.76. The van der Waals surface area contributed by atoms with E-state index in [1.165, 1.54) is 0 Å². The number of carboxylic acids is 1. The van der Waals surface area contributed by atoms with E-state index < -0.39 is 12.1 Å². The smallest absolute Gasteiger partial charge is 0.332 e. The molecule has 0 amide bonds. The van der Waals surface area contributed by atoms with Gasteiger partial charge in [-0.1, -0.05) is 43.7 Å². The Balaban J connectivity index is 2.09. The molecule has 0 radical (unpaired) electrons. The molecule has 3 rings (SSSR count). The standard InChI is InChI=1S/C19H22O3/c1-11-12(8-9-19(2,3)17(11)18(21)22)15-10-16(20)14-7-5-4-6-13(14)15/h4-7,10,12,16,20H,8-9H2,1-3H3,(H,21,22). The molecule has 0 spiro atoms. The SMILES string of the molecule is CC1=C(C(=O)O)C(C)(C)CCC1C1=CC(O)c2ccccc21. The summed E-state index contributed by atoms with van der Waals surface area (Å²) in [5.41, 5.74) is 4.22. The number of benzene rings is 1. The van der Waals surface area contributed by atoms with Crippen LogP contribution in [0.4, 0.5) is 0 Å². The Bertz CT molecular complexity index is 694. The minimum atomic E-state index is -0.820. The molecule has 2 aliphatic carbocycles. The van der Waals surface area contributed by atoms with E-state index in [9.17, 15) is 15.0 Å². The highest BCUT2D eigenvalue weighted by Crippen LogP contribution is 2.50. The highest BCUT2D eigenvalue weighted by molar-refractivity contribution is 5.91. The summed E-state index contributed by atoms with van der Waals surface area (Å²) in [6.45, 7) is 5.94. The Kier molecular flexibility index (Phi) is 3.48. The number of carboxylic acid groups (broad SMARTS) is 1. The van der Waals surface area contributed by atoms with Crippen molar-refractivity contribution in [1.82, 2.24) is 0 Å². The van der Waals surface area contributed by atoms with Gasteiger partial charge in [0, 0.05) is 11.5 Å². The average molecular weight is 298 g/mol. The second-order valence-electron chi connectivity index (χ2n) is 6.99. The number of carbonyl (C=O) groups is 1. The van der Waals surface area contributed by atoms with Gasteiger partial charge >= 0.3 is 5.97 Å². The van der Waals surface area contributed by atoms with Gasteiger partial charge in [0.25, 0.3) is 0 Å². The molecule has 0 fully saturated rings. The number of fused-ring (bicyclic) bond motifs is 1. The first-order chi connectivity index (χ1) is 10.3. The Morgan fingerprint density at radius 1 is 1.27 bits per heavy atom. The Labute approximate surface area is 131 Å². The lowest BCUT2D eigenvalue weighted by Crippen LogP contribution is -2.30. The second kappa shape index (κ2) is 5.10. The van der Waals surface area contributed by atoms with E-state index in [4.69, 9.17) is 0 Å². The topological polar surface area (TPSA) is 57.5 Å². The number of aliphatic carboxylic acids is 1. The van der Waals surface area contributed by atoms with Crippen molar-refractivity contribution in [1.29, 1.82) is 0 Å². The molecule has 1 aromatic rings. The van der Waals surface area contributed by atoms with Crippen LogP contribution in [0.3, 0.4) is 0 Å². The third-order valence-corrected chi connectivity index (χ3v) is 5.17. The zero-order valence-electron chi connectivity index (χ0n) is 13.3. The van der Waals surface area contributed by atoms with Crippen LogP contribution in [0.5, 0.6) is 0 Å². The van der Waals surface area contributed by atoms with Crippen molar-refractivity contribution in [3.63, 3.8) is 0 Å². The van der Waals surface area contributed by atoms with Crippen LogP contribution in [0.1, 0.15) is 50.8 Å². The van der Waals surface area contributed by atoms with Crippen molar-refractivity contribution in [3.8, 4) is 0 Å². The van der Waals surface area contributed by atoms with E-state index >= 15 is 0 Å². The molecule has 0 saturated heterocycles. The van der Waals surface area contributed by atoms with Gasteiger partial charge in [0.1, 0.15) is 0 Å². The van der Waals surface area contributed by atoms with Crippen LogP contribution in [0, 0.1) is 11.3 Å². The molecule has 0 aromatic heterocycles. The Hall–Kier alpha value is -1.87. The summed E-state index contributed by atoms with van der Waals surface area (Å²) in [5.74, 6) is -0.739. The largest absolute Gasteiger partial charge is 0.478 e. The van der Waals surface area contributed by atoms with Gasteiger partial charge in [-0.05, 0) is 48.0 Å². The summed E-state index contributed by atoms with van der Waals surface area (Å²) < 4.78 is 0. The number of aliphatic hydroxyl groups excluding tert-OH is 1. The van der Waals surface area contributed by atoms with Crippen LogP contribution in [-0.2, 0) is 4.79 Å². The molecule has 0 aliphatic heterocycles. The van der Waals surface area contributed by atoms with Crippen molar-refractivity contribution >= 4 is 11.5 Å². The maximum absolute atomic E-state index is 11.7. The van der Waals surface area contributed by atoms with Crippen molar-refractivity contribution < 1.29 is 15.0 Å². The number of rotatable bonds is 2. The fourth-order valence-electron chi connectivity index (χ4n) is 4.07. The van der Waals surface area contributed by atoms with E-state index in [1.807, 2.05) is 51.1 Å². The summed E-state index contributed by atoms with van der Waals surface area (Å²) in [7, 11) is 0. The summed E-state index contributed by atoms with van der Waals surface area (Å²) >= 11 is 0. The minimum Gasteiger partial charge on any atom is -0.478 e. The fourth-order valence-corrected chi connectivity index (χ4v) is 4.07. The van der Waals surface area contributed by atoms with Crippen molar-refractivity contribution in [2.45, 2.75) is 39.7 Å². The summed E-state index contributed by atoms with van der Waals surface area (Å²) in [6.07, 6.45) is 3.06. The van der Waals surface area contributed by atoms with Gasteiger partial charge in [-0.3, -0.25) is 0 Å². The van der Waals surface area contributed by atoms with Gasteiger partial charge in [0.15, 0.2) is 0 Å². The molecule has 3 heteroatoms. The number of allylic oxidation sites excluding steroid dienone is 2. The molecule has 2 unspecified atom stereocenters. The highest BCUT2D eigenvalue weighted by atomic mass is 16.4. The molecular weight excluding hydrogens is 276 g/mol. The van der Waals surface area contributed by atoms with Crippen LogP contribution in [0.25, 0.3) is 5.57 Å². The zero-order chi connectivity index (χ0) is 16.1. The lowest BCUT2D eigenvalue weighted by molar-refractivity contribution is -0.134.